The van der Waals surface area contributed by atoms with Crippen LogP contribution in [0.3, 0.4) is 0 Å². The minimum Gasteiger partial charge on any atom is -0.378 e. The minimum atomic E-state index is -3.56. The molecule has 0 bridgehead atoms. The molecule has 4 nitrogen and oxygen atoms in total. The van der Waals surface area contributed by atoms with Gasteiger partial charge in [-0.05, 0) is 80.8 Å². The first-order valence-electron chi connectivity index (χ1n) is 9.93. The smallest absolute Gasteiger partial charge is 0.241 e. The lowest BCUT2D eigenvalue weighted by Gasteiger charge is -2.38. The summed E-state index contributed by atoms with van der Waals surface area (Å²) < 4.78 is 28.4. The van der Waals surface area contributed by atoms with Crippen molar-refractivity contribution in [2.45, 2.75) is 54.5 Å². The molecule has 2 aromatic rings. The van der Waals surface area contributed by atoms with E-state index in [1.54, 1.807) is 17.8 Å². The minimum absolute atomic E-state index is 0.216. The zero-order valence-corrected chi connectivity index (χ0v) is 18.9. The molecule has 2 N–H and O–H groups in total. The molecule has 0 radical (unpaired) electrons. The topological polar surface area (TPSA) is 58.2 Å². The summed E-state index contributed by atoms with van der Waals surface area (Å²) in [5.41, 5.74) is 2.85. The number of hydrogen-bond acceptors (Lipinski definition) is 4. The Morgan fingerprint density at radius 1 is 1.10 bits per heavy atom. The molecule has 0 amide bonds. The number of anilines is 1. The predicted octanol–water partition coefficient (Wildman–Crippen LogP) is 5.31. The lowest BCUT2D eigenvalue weighted by atomic mass is 9.77. The van der Waals surface area contributed by atoms with Gasteiger partial charge >= 0.3 is 0 Å². The molecule has 29 heavy (non-hydrogen) atoms. The number of nitrogens with one attached hydrogen (secondary N) is 2. The summed E-state index contributed by atoms with van der Waals surface area (Å²) in [4.78, 5) is 1.59. The molecule has 1 aliphatic carbocycles. The normalized spacial score (nSPS) is 23.4. The average molecular weight is 429 g/mol. The molecule has 0 spiro atoms. The van der Waals surface area contributed by atoms with Gasteiger partial charge in [-0.1, -0.05) is 24.3 Å². The van der Waals surface area contributed by atoms with Gasteiger partial charge in [-0.15, -0.1) is 11.8 Å². The first-order chi connectivity index (χ1) is 13.7. The average Bonchev–Trinajstić information content (AvgIpc) is 3.15. The van der Waals surface area contributed by atoms with Crippen LogP contribution in [0.25, 0.3) is 0 Å². The largest absolute Gasteiger partial charge is 0.378 e. The molecule has 0 saturated heterocycles. The zero-order chi connectivity index (χ0) is 20.8. The van der Waals surface area contributed by atoms with Crippen LogP contribution in [0.1, 0.15) is 50.3 Å². The lowest BCUT2D eigenvalue weighted by Crippen LogP contribution is -2.40. The highest BCUT2D eigenvalue weighted by molar-refractivity contribution is 7.98. The number of thioether (sulfide) groups is 1. The van der Waals surface area contributed by atoms with E-state index in [-0.39, 0.29) is 12.0 Å². The van der Waals surface area contributed by atoms with Gasteiger partial charge in [0.15, 0.2) is 0 Å². The highest BCUT2D eigenvalue weighted by Gasteiger charge is 2.38. The van der Waals surface area contributed by atoms with Gasteiger partial charge in [0.1, 0.15) is 0 Å². The van der Waals surface area contributed by atoms with Crippen molar-refractivity contribution in [1.82, 2.24) is 4.72 Å². The number of benzene rings is 2. The van der Waals surface area contributed by atoms with Crippen molar-refractivity contribution in [3.63, 3.8) is 0 Å². The Hall–Kier alpha value is -1.76. The molecule has 0 saturated carbocycles. The Morgan fingerprint density at radius 3 is 2.48 bits per heavy atom. The van der Waals surface area contributed by atoms with Crippen LogP contribution in [0, 0.1) is 5.92 Å². The van der Waals surface area contributed by atoms with E-state index in [2.05, 4.69) is 52.7 Å². The number of rotatable bonds is 4. The van der Waals surface area contributed by atoms with E-state index in [4.69, 9.17) is 0 Å². The summed E-state index contributed by atoms with van der Waals surface area (Å²) in [6.45, 7) is 5.56. The summed E-state index contributed by atoms with van der Waals surface area (Å²) >= 11 is 1.74. The van der Waals surface area contributed by atoms with Crippen molar-refractivity contribution >= 4 is 27.5 Å². The summed E-state index contributed by atoms with van der Waals surface area (Å²) in [6.07, 6.45) is 7.54. The first-order valence-corrected chi connectivity index (χ1v) is 12.6. The van der Waals surface area contributed by atoms with Crippen molar-refractivity contribution in [2.75, 3.05) is 11.6 Å². The second-order valence-corrected chi connectivity index (χ2v) is 11.4. The molecular weight excluding hydrogens is 400 g/mol. The maximum Gasteiger partial charge on any atom is 0.241 e. The highest BCUT2D eigenvalue weighted by atomic mass is 32.2. The van der Waals surface area contributed by atoms with Gasteiger partial charge in [-0.2, -0.15) is 0 Å². The summed E-state index contributed by atoms with van der Waals surface area (Å²) in [6, 6.07) is 14.4. The fraction of sp³-hybridized carbons (Fsp3) is 0.391. The van der Waals surface area contributed by atoms with E-state index in [9.17, 15) is 8.42 Å². The van der Waals surface area contributed by atoms with Gasteiger partial charge in [-0.3, -0.25) is 0 Å². The van der Waals surface area contributed by atoms with E-state index < -0.39 is 15.6 Å². The molecule has 1 heterocycles. The summed E-state index contributed by atoms with van der Waals surface area (Å²) in [5, 5.41) is 3.69. The third-order valence-electron chi connectivity index (χ3n) is 5.56. The number of sulfonamides is 1. The van der Waals surface area contributed by atoms with Crippen LogP contribution >= 0.6 is 11.8 Å². The van der Waals surface area contributed by atoms with Crippen LogP contribution in [0.4, 0.5) is 5.69 Å². The SMILES string of the molecule is CSc1ccc(C2Nc3ccc(S(=O)(=O)NC(C)(C)C)cc3C3C=CCC32)cc1. The van der Waals surface area contributed by atoms with Gasteiger partial charge in [0.05, 0.1) is 10.9 Å². The van der Waals surface area contributed by atoms with Crippen LogP contribution in [-0.4, -0.2) is 20.2 Å². The maximum absolute atomic E-state index is 12.8. The number of hydrogen-bond donors (Lipinski definition) is 2. The van der Waals surface area contributed by atoms with E-state index in [0.717, 1.165) is 17.7 Å². The highest BCUT2D eigenvalue weighted by Crippen LogP contribution is 2.50. The summed E-state index contributed by atoms with van der Waals surface area (Å²) in [5.74, 6) is 0.609. The van der Waals surface area contributed by atoms with E-state index in [0.29, 0.717) is 10.8 Å². The van der Waals surface area contributed by atoms with Gasteiger partial charge in [0.2, 0.25) is 10.0 Å². The molecule has 3 atom stereocenters. The van der Waals surface area contributed by atoms with Crippen molar-refractivity contribution < 1.29 is 8.42 Å². The fourth-order valence-electron chi connectivity index (χ4n) is 4.34. The standard InChI is InChI=1S/C23H28N2O2S2/c1-23(2,3)25-29(26,27)17-12-13-21-20(14-17)18-6-5-7-19(18)22(24-21)15-8-10-16(28-4)11-9-15/h5-6,8-14,18-19,22,24-25H,7H2,1-4H3. The Morgan fingerprint density at radius 2 is 1.83 bits per heavy atom. The first kappa shape index (κ1) is 20.5. The van der Waals surface area contributed by atoms with Crippen molar-refractivity contribution in [3.8, 4) is 0 Å². The lowest BCUT2D eigenvalue weighted by molar-refractivity contribution is 0.425. The molecule has 0 aromatic heterocycles. The molecule has 154 valence electrons. The Labute approximate surface area is 178 Å². The molecule has 4 rings (SSSR count). The summed E-state index contributed by atoms with van der Waals surface area (Å²) in [7, 11) is -3.56. The molecule has 6 heteroatoms. The van der Waals surface area contributed by atoms with Gasteiger partial charge in [0.25, 0.3) is 0 Å². The number of allylic oxidation sites excluding steroid dienone is 2. The van der Waals surface area contributed by atoms with Crippen LogP contribution in [0.2, 0.25) is 0 Å². The second kappa shape index (κ2) is 7.49. The number of fused-ring (bicyclic) bond motifs is 3. The van der Waals surface area contributed by atoms with Gasteiger partial charge in [0, 0.05) is 22.0 Å². The van der Waals surface area contributed by atoms with Crippen molar-refractivity contribution in [3.05, 3.63) is 65.7 Å². The second-order valence-electron chi connectivity index (χ2n) is 8.85. The van der Waals surface area contributed by atoms with Crippen LogP contribution in [0.5, 0.6) is 0 Å². The Balaban J connectivity index is 1.70. The molecular formula is C23H28N2O2S2. The van der Waals surface area contributed by atoms with Crippen molar-refractivity contribution in [1.29, 1.82) is 0 Å². The quantitative estimate of drug-likeness (QED) is 0.512. The monoisotopic (exact) mass is 428 g/mol. The van der Waals surface area contributed by atoms with E-state index in [1.807, 2.05) is 32.9 Å². The third kappa shape index (κ3) is 4.11. The van der Waals surface area contributed by atoms with Crippen molar-refractivity contribution in [2.24, 2.45) is 5.92 Å². The molecule has 2 aliphatic rings. The zero-order valence-electron chi connectivity index (χ0n) is 17.3. The molecule has 3 unspecified atom stereocenters. The van der Waals surface area contributed by atoms with Gasteiger partial charge in [-0.25, -0.2) is 13.1 Å². The molecule has 2 aromatic carbocycles. The predicted molar refractivity (Wildman–Crippen MR) is 121 cm³/mol. The Kier molecular flexibility index (Phi) is 5.30. The maximum atomic E-state index is 12.8. The van der Waals surface area contributed by atoms with Gasteiger partial charge < -0.3 is 5.32 Å². The van der Waals surface area contributed by atoms with Crippen LogP contribution in [-0.2, 0) is 10.0 Å². The fourth-order valence-corrected chi connectivity index (χ4v) is 6.20. The molecule has 0 fully saturated rings. The van der Waals surface area contributed by atoms with E-state index >= 15 is 0 Å². The van der Waals surface area contributed by atoms with E-state index in [1.165, 1.54) is 10.5 Å². The van der Waals surface area contributed by atoms with Crippen LogP contribution in [0.15, 0.2) is 64.4 Å². The Bertz CT molecular complexity index is 1040. The third-order valence-corrected chi connectivity index (χ3v) is 8.06. The van der Waals surface area contributed by atoms with Crippen LogP contribution < -0.4 is 10.0 Å². The molecule has 1 aliphatic heterocycles.